The zero-order valence-corrected chi connectivity index (χ0v) is 15.8. The first kappa shape index (κ1) is 18.9. The summed E-state index contributed by atoms with van der Waals surface area (Å²) in [5, 5.41) is 3.27. The van der Waals surface area contributed by atoms with Gasteiger partial charge in [-0.15, -0.1) is 0 Å². The Kier molecular flexibility index (Phi) is 6.51. The number of nitrogens with one attached hydrogen (secondary N) is 1. The number of hydrogen-bond donors (Lipinski definition) is 1. The summed E-state index contributed by atoms with van der Waals surface area (Å²) in [6, 6.07) is 9.98. The Morgan fingerprint density at radius 2 is 1.88 bits per heavy atom. The summed E-state index contributed by atoms with van der Waals surface area (Å²) in [7, 11) is 1.81. The van der Waals surface area contributed by atoms with Crippen LogP contribution < -0.4 is 5.32 Å². The maximum Gasteiger partial charge on any atom is 0.272 e. The van der Waals surface area contributed by atoms with Crippen molar-refractivity contribution in [3.05, 3.63) is 47.4 Å². The summed E-state index contributed by atoms with van der Waals surface area (Å²) in [6.07, 6.45) is 2.04. The summed E-state index contributed by atoms with van der Waals surface area (Å²) in [6.45, 7) is 8.99. The summed E-state index contributed by atoms with van der Waals surface area (Å²) in [5.41, 5.74) is 2.66. The van der Waals surface area contributed by atoms with E-state index >= 15 is 0 Å². The van der Waals surface area contributed by atoms with Crippen molar-refractivity contribution in [2.75, 3.05) is 18.9 Å². The van der Waals surface area contributed by atoms with Crippen molar-refractivity contribution in [3.8, 4) is 0 Å². The lowest BCUT2D eigenvalue weighted by Gasteiger charge is -2.17. The van der Waals surface area contributed by atoms with Crippen LogP contribution in [-0.4, -0.2) is 34.4 Å². The Hall–Kier alpha value is -2.43. The van der Waals surface area contributed by atoms with Gasteiger partial charge in [-0.1, -0.05) is 39.3 Å². The Bertz CT molecular complexity index is 710. The van der Waals surface area contributed by atoms with E-state index in [9.17, 15) is 4.79 Å². The van der Waals surface area contributed by atoms with Crippen LogP contribution in [0.15, 0.2) is 30.3 Å². The number of anilines is 2. The summed E-state index contributed by atoms with van der Waals surface area (Å²) in [4.78, 5) is 22.9. The predicted octanol–water partition coefficient (Wildman–Crippen LogP) is 4.52. The van der Waals surface area contributed by atoms with Gasteiger partial charge < -0.3 is 10.2 Å². The SMILES string of the molecule is CCCCN(C)C(=O)c1cc(Nc2ccc(C(C)C)cc2)nc(C)n1. The Balaban J connectivity index is 2.16. The maximum absolute atomic E-state index is 12.5. The monoisotopic (exact) mass is 340 g/mol. The third-order valence-corrected chi connectivity index (χ3v) is 4.10. The van der Waals surface area contributed by atoms with Crippen molar-refractivity contribution in [2.45, 2.75) is 46.5 Å². The normalized spacial score (nSPS) is 10.8. The van der Waals surface area contributed by atoms with Crippen molar-refractivity contribution < 1.29 is 4.79 Å². The second-order valence-corrected chi connectivity index (χ2v) is 6.67. The molecule has 0 unspecified atom stereocenters. The molecule has 2 rings (SSSR count). The average molecular weight is 340 g/mol. The second-order valence-electron chi connectivity index (χ2n) is 6.67. The van der Waals surface area contributed by atoms with E-state index in [1.165, 1.54) is 5.56 Å². The third-order valence-electron chi connectivity index (χ3n) is 4.10. The fourth-order valence-electron chi connectivity index (χ4n) is 2.53. The number of carbonyl (C=O) groups excluding carboxylic acids is 1. The molecule has 0 saturated heterocycles. The van der Waals surface area contributed by atoms with Crippen LogP contribution >= 0.6 is 0 Å². The fourth-order valence-corrected chi connectivity index (χ4v) is 2.53. The highest BCUT2D eigenvalue weighted by atomic mass is 16.2. The molecule has 0 fully saturated rings. The van der Waals surface area contributed by atoms with Gasteiger partial charge in [0, 0.05) is 25.3 Å². The highest BCUT2D eigenvalue weighted by Crippen LogP contribution is 2.20. The molecule has 5 heteroatoms. The number of rotatable bonds is 7. The van der Waals surface area contributed by atoms with Crippen molar-refractivity contribution in [3.63, 3.8) is 0 Å². The molecule has 1 aromatic carbocycles. The standard InChI is InChI=1S/C20H28N4O/c1-6-7-12-24(5)20(25)18-13-19(22-15(4)21-18)23-17-10-8-16(9-11-17)14(2)3/h8-11,13-14H,6-7,12H2,1-5H3,(H,21,22,23). The molecule has 2 aromatic rings. The fraction of sp³-hybridized carbons (Fsp3) is 0.450. The molecule has 0 spiro atoms. The van der Waals surface area contributed by atoms with Crippen molar-refractivity contribution in [1.29, 1.82) is 0 Å². The Labute approximate surface area is 150 Å². The van der Waals surface area contributed by atoms with E-state index in [1.807, 2.05) is 19.2 Å². The molecule has 1 aromatic heterocycles. The summed E-state index contributed by atoms with van der Waals surface area (Å²) >= 11 is 0. The average Bonchev–Trinajstić information content (AvgIpc) is 2.59. The van der Waals surface area contributed by atoms with Gasteiger partial charge in [0.2, 0.25) is 0 Å². The Morgan fingerprint density at radius 1 is 1.20 bits per heavy atom. The van der Waals surface area contributed by atoms with Gasteiger partial charge in [-0.25, -0.2) is 9.97 Å². The molecule has 1 heterocycles. The molecule has 0 aliphatic carbocycles. The van der Waals surface area contributed by atoms with Gasteiger partial charge in [0.1, 0.15) is 17.3 Å². The minimum Gasteiger partial charge on any atom is -0.340 e. The minimum atomic E-state index is -0.0721. The third kappa shape index (κ3) is 5.28. The number of carbonyl (C=O) groups is 1. The van der Waals surface area contributed by atoms with E-state index in [0.29, 0.717) is 23.3 Å². The van der Waals surface area contributed by atoms with Gasteiger partial charge in [-0.3, -0.25) is 4.79 Å². The Morgan fingerprint density at radius 3 is 2.48 bits per heavy atom. The molecule has 5 nitrogen and oxygen atoms in total. The molecule has 0 aliphatic rings. The molecule has 0 saturated carbocycles. The van der Waals surface area contributed by atoms with Crippen LogP contribution in [0.3, 0.4) is 0 Å². The van der Waals surface area contributed by atoms with Crippen LogP contribution in [0.5, 0.6) is 0 Å². The topological polar surface area (TPSA) is 58.1 Å². The molecule has 134 valence electrons. The molecule has 0 atom stereocenters. The molecule has 1 N–H and O–H groups in total. The van der Waals surface area contributed by atoms with Crippen LogP contribution in [0, 0.1) is 6.92 Å². The lowest BCUT2D eigenvalue weighted by atomic mass is 10.0. The maximum atomic E-state index is 12.5. The van der Waals surface area contributed by atoms with Crippen molar-refractivity contribution in [2.24, 2.45) is 0 Å². The first-order chi connectivity index (χ1) is 11.9. The summed E-state index contributed by atoms with van der Waals surface area (Å²) in [5.74, 6) is 1.64. The smallest absolute Gasteiger partial charge is 0.272 e. The van der Waals surface area contributed by atoms with E-state index in [4.69, 9.17) is 0 Å². The number of amides is 1. The predicted molar refractivity (Wildman–Crippen MR) is 102 cm³/mol. The molecule has 25 heavy (non-hydrogen) atoms. The molecule has 0 radical (unpaired) electrons. The van der Waals surface area contributed by atoms with E-state index in [-0.39, 0.29) is 5.91 Å². The van der Waals surface area contributed by atoms with E-state index in [0.717, 1.165) is 25.1 Å². The summed E-state index contributed by atoms with van der Waals surface area (Å²) < 4.78 is 0. The largest absolute Gasteiger partial charge is 0.340 e. The van der Waals surface area contributed by atoms with Gasteiger partial charge in [-0.05, 0) is 37.0 Å². The molecular weight excluding hydrogens is 312 g/mol. The number of aryl methyl sites for hydroxylation is 1. The van der Waals surface area contributed by atoms with E-state index < -0.39 is 0 Å². The lowest BCUT2D eigenvalue weighted by molar-refractivity contribution is 0.0787. The molecular formula is C20H28N4O. The number of aromatic nitrogens is 2. The molecule has 0 aliphatic heterocycles. The van der Waals surface area contributed by atoms with Crippen molar-refractivity contribution >= 4 is 17.4 Å². The highest BCUT2D eigenvalue weighted by molar-refractivity contribution is 5.93. The lowest BCUT2D eigenvalue weighted by Crippen LogP contribution is -2.28. The number of nitrogens with zero attached hydrogens (tertiary/aromatic N) is 3. The van der Waals surface area contributed by atoms with Crippen molar-refractivity contribution in [1.82, 2.24) is 14.9 Å². The highest BCUT2D eigenvalue weighted by Gasteiger charge is 2.15. The minimum absolute atomic E-state index is 0.0721. The number of unbranched alkanes of at least 4 members (excludes halogenated alkanes) is 1. The van der Waals surface area contributed by atoms with Crippen LogP contribution in [-0.2, 0) is 0 Å². The first-order valence-electron chi connectivity index (χ1n) is 8.88. The molecule has 0 bridgehead atoms. The molecule has 1 amide bonds. The zero-order valence-electron chi connectivity index (χ0n) is 15.8. The van der Waals surface area contributed by atoms with Crippen LogP contribution in [0.4, 0.5) is 11.5 Å². The first-order valence-corrected chi connectivity index (χ1v) is 8.88. The second kappa shape index (κ2) is 8.60. The van der Waals surface area contributed by atoms with Gasteiger partial charge in [0.15, 0.2) is 0 Å². The van der Waals surface area contributed by atoms with Crippen LogP contribution in [0.2, 0.25) is 0 Å². The van der Waals surface area contributed by atoms with Gasteiger partial charge >= 0.3 is 0 Å². The number of benzene rings is 1. The van der Waals surface area contributed by atoms with Crippen LogP contribution in [0.1, 0.15) is 61.4 Å². The van der Waals surface area contributed by atoms with Crippen LogP contribution in [0.25, 0.3) is 0 Å². The van der Waals surface area contributed by atoms with Gasteiger partial charge in [0.05, 0.1) is 0 Å². The van der Waals surface area contributed by atoms with Gasteiger partial charge in [-0.2, -0.15) is 0 Å². The zero-order chi connectivity index (χ0) is 18.4. The van der Waals surface area contributed by atoms with E-state index in [1.54, 1.807) is 17.9 Å². The quantitative estimate of drug-likeness (QED) is 0.805. The number of hydrogen-bond acceptors (Lipinski definition) is 4. The van der Waals surface area contributed by atoms with Gasteiger partial charge in [0.25, 0.3) is 5.91 Å². The van der Waals surface area contributed by atoms with E-state index in [2.05, 4.69) is 48.2 Å².